The van der Waals surface area contributed by atoms with Gasteiger partial charge in [0.1, 0.15) is 11.6 Å². The van der Waals surface area contributed by atoms with E-state index in [2.05, 4.69) is 11.6 Å². The van der Waals surface area contributed by atoms with Crippen LogP contribution in [0.2, 0.25) is 0 Å². The zero-order valence-corrected chi connectivity index (χ0v) is 10.8. The predicted octanol–water partition coefficient (Wildman–Crippen LogP) is 2.91. The average molecular weight is 255 g/mol. The van der Waals surface area contributed by atoms with Crippen LogP contribution >= 0.6 is 11.8 Å². The van der Waals surface area contributed by atoms with Gasteiger partial charge in [-0.05, 0) is 37.3 Å². The standard InChI is InChI=1S/C13H18FNOS/c1-17-13(5-2-6-13)9-15-8-10-7-11(14)3-4-12(10)16/h3-4,7,15-16H,2,5-6,8-9H2,1H3. The lowest BCUT2D eigenvalue weighted by atomic mass is 9.84. The average Bonchev–Trinajstić information content (AvgIpc) is 2.27. The molecule has 1 aliphatic rings. The molecule has 2 N–H and O–H groups in total. The summed E-state index contributed by atoms with van der Waals surface area (Å²) in [7, 11) is 0. The van der Waals surface area contributed by atoms with Gasteiger partial charge >= 0.3 is 0 Å². The predicted molar refractivity (Wildman–Crippen MR) is 69.9 cm³/mol. The molecule has 2 nitrogen and oxygen atoms in total. The third kappa shape index (κ3) is 2.93. The van der Waals surface area contributed by atoms with E-state index in [0.717, 1.165) is 6.54 Å². The Morgan fingerprint density at radius 1 is 1.47 bits per heavy atom. The summed E-state index contributed by atoms with van der Waals surface area (Å²) in [5.41, 5.74) is 0.626. The number of aromatic hydroxyl groups is 1. The van der Waals surface area contributed by atoms with Crippen molar-refractivity contribution in [3.05, 3.63) is 29.6 Å². The highest BCUT2D eigenvalue weighted by Gasteiger charge is 2.35. The van der Waals surface area contributed by atoms with Gasteiger partial charge in [-0.15, -0.1) is 0 Å². The number of phenolic OH excluding ortho intramolecular Hbond substituents is 1. The van der Waals surface area contributed by atoms with Crippen LogP contribution < -0.4 is 5.32 Å². The minimum atomic E-state index is -0.303. The maximum Gasteiger partial charge on any atom is 0.123 e. The number of benzene rings is 1. The monoisotopic (exact) mass is 255 g/mol. The SMILES string of the molecule is CSC1(CNCc2cc(F)ccc2O)CCC1. The molecule has 4 heteroatoms. The van der Waals surface area contributed by atoms with Gasteiger partial charge in [0.15, 0.2) is 0 Å². The lowest BCUT2D eigenvalue weighted by Gasteiger charge is -2.40. The summed E-state index contributed by atoms with van der Waals surface area (Å²) >= 11 is 1.90. The number of nitrogens with one attached hydrogen (secondary N) is 1. The highest BCUT2D eigenvalue weighted by Crippen LogP contribution is 2.42. The zero-order chi connectivity index (χ0) is 12.3. The van der Waals surface area contributed by atoms with Gasteiger partial charge in [0.2, 0.25) is 0 Å². The number of halogens is 1. The van der Waals surface area contributed by atoms with Gasteiger partial charge in [-0.2, -0.15) is 11.8 Å². The van der Waals surface area contributed by atoms with Crippen LogP contribution in [0.4, 0.5) is 4.39 Å². The first-order valence-corrected chi connectivity index (χ1v) is 7.11. The van der Waals surface area contributed by atoms with E-state index >= 15 is 0 Å². The fourth-order valence-electron chi connectivity index (χ4n) is 2.14. The van der Waals surface area contributed by atoms with Crippen molar-refractivity contribution in [1.29, 1.82) is 0 Å². The first kappa shape index (κ1) is 12.7. The molecule has 1 saturated carbocycles. The van der Waals surface area contributed by atoms with Crippen LogP contribution in [0.1, 0.15) is 24.8 Å². The van der Waals surface area contributed by atoms with Crippen LogP contribution in [0, 0.1) is 5.82 Å². The Morgan fingerprint density at radius 2 is 2.24 bits per heavy atom. The second-order valence-electron chi connectivity index (χ2n) is 4.62. The molecule has 0 radical (unpaired) electrons. The first-order chi connectivity index (χ1) is 8.15. The summed E-state index contributed by atoms with van der Waals surface area (Å²) in [6, 6.07) is 4.06. The molecule has 0 unspecified atom stereocenters. The van der Waals surface area contributed by atoms with Crippen molar-refractivity contribution in [2.24, 2.45) is 0 Å². The topological polar surface area (TPSA) is 32.3 Å². The van der Waals surface area contributed by atoms with Gasteiger partial charge < -0.3 is 10.4 Å². The smallest absolute Gasteiger partial charge is 0.123 e. The van der Waals surface area contributed by atoms with Gasteiger partial charge in [0.25, 0.3) is 0 Å². The van der Waals surface area contributed by atoms with Gasteiger partial charge in [-0.3, -0.25) is 0 Å². The number of rotatable bonds is 5. The Balaban J connectivity index is 1.87. The van der Waals surface area contributed by atoms with Crippen molar-refractivity contribution in [1.82, 2.24) is 5.32 Å². The van der Waals surface area contributed by atoms with Gasteiger partial charge in [0, 0.05) is 23.4 Å². The zero-order valence-electron chi connectivity index (χ0n) is 10.0. The number of phenols is 1. The van der Waals surface area contributed by atoms with E-state index in [4.69, 9.17) is 0 Å². The lowest BCUT2D eigenvalue weighted by Crippen LogP contribution is -2.43. The molecule has 1 aromatic rings. The molecule has 0 heterocycles. The number of thioether (sulfide) groups is 1. The third-order valence-electron chi connectivity index (χ3n) is 3.50. The van der Waals surface area contributed by atoms with Gasteiger partial charge in [-0.1, -0.05) is 6.42 Å². The molecule has 17 heavy (non-hydrogen) atoms. The summed E-state index contributed by atoms with van der Waals surface area (Å²) in [6.45, 7) is 1.44. The Labute approximate surface area is 106 Å². The maximum atomic E-state index is 13.0. The molecular formula is C13H18FNOS. The molecule has 2 rings (SSSR count). The molecule has 0 aliphatic heterocycles. The quantitative estimate of drug-likeness (QED) is 0.848. The van der Waals surface area contributed by atoms with Crippen LogP contribution in [0.3, 0.4) is 0 Å². The van der Waals surface area contributed by atoms with Crippen LogP contribution in [-0.2, 0) is 6.54 Å². The normalized spacial score (nSPS) is 17.8. The fourth-order valence-corrected chi connectivity index (χ4v) is 3.09. The molecule has 0 atom stereocenters. The lowest BCUT2D eigenvalue weighted by molar-refractivity contribution is 0.344. The summed E-state index contributed by atoms with van der Waals surface area (Å²) in [4.78, 5) is 0. The third-order valence-corrected chi connectivity index (χ3v) is 4.92. The minimum absolute atomic E-state index is 0.158. The second-order valence-corrected chi connectivity index (χ2v) is 5.89. The van der Waals surface area contributed by atoms with Crippen molar-refractivity contribution in [2.75, 3.05) is 12.8 Å². The van der Waals surface area contributed by atoms with Crippen molar-refractivity contribution in [3.8, 4) is 5.75 Å². The summed E-state index contributed by atoms with van der Waals surface area (Å²) in [5.74, 6) is -0.145. The Kier molecular flexibility index (Phi) is 3.94. The van der Waals surface area contributed by atoms with Crippen LogP contribution in [0.15, 0.2) is 18.2 Å². The van der Waals surface area contributed by atoms with E-state index in [9.17, 15) is 9.50 Å². The molecule has 0 amide bonds. The van der Waals surface area contributed by atoms with E-state index in [1.165, 1.54) is 37.5 Å². The Bertz CT molecular complexity index is 387. The van der Waals surface area contributed by atoms with Crippen molar-refractivity contribution >= 4 is 11.8 Å². The molecular weight excluding hydrogens is 237 g/mol. The molecule has 1 aromatic carbocycles. The maximum absolute atomic E-state index is 13.0. The van der Waals surface area contributed by atoms with E-state index in [0.29, 0.717) is 16.9 Å². The van der Waals surface area contributed by atoms with E-state index in [-0.39, 0.29) is 11.6 Å². The highest BCUT2D eigenvalue weighted by atomic mass is 32.2. The summed E-state index contributed by atoms with van der Waals surface area (Å²) in [5, 5.41) is 12.9. The number of hydrogen-bond donors (Lipinski definition) is 2. The van der Waals surface area contributed by atoms with Gasteiger partial charge in [0.05, 0.1) is 0 Å². The van der Waals surface area contributed by atoms with Crippen LogP contribution in [0.25, 0.3) is 0 Å². The van der Waals surface area contributed by atoms with Crippen molar-refractivity contribution < 1.29 is 9.50 Å². The summed E-state index contributed by atoms with van der Waals surface area (Å²) in [6.07, 6.45) is 5.93. The van der Waals surface area contributed by atoms with E-state index < -0.39 is 0 Å². The first-order valence-electron chi connectivity index (χ1n) is 5.88. The molecule has 0 saturated heterocycles. The highest BCUT2D eigenvalue weighted by molar-refractivity contribution is 8.00. The largest absolute Gasteiger partial charge is 0.508 e. The summed E-state index contributed by atoms with van der Waals surface area (Å²) < 4.78 is 13.4. The molecule has 1 aliphatic carbocycles. The van der Waals surface area contributed by atoms with Gasteiger partial charge in [-0.25, -0.2) is 4.39 Å². The fraction of sp³-hybridized carbons (Fsp3) is 0.538. The number of hydrogen-bond acceptors (Lipinski definition) is 3. The van der Waals surface area contributed by atoms with E-state index in [1.807, 2.05) is 11.8 Å². The Morgan fingerprint density at radius 3 is 2.82 bits per heavy atom. The van der Waals surface area contributed by atoms with Crippen molar-refractivity contribution in [2.45, 2.75) is 30.6 Å². The van der Waals surface area contributed by atoms with E-state index in [1.54, 1.807) is 0 Å². The molecule has 0 bridgehead atoms. The Hall–Kier alpha value is -0.740. The van der Waals surface area contributed by atoms with Crippen molar-refractivity contribution in [3.63, 3.8) is 0 Å². The van der Waals surface area contributed by atoms with Crippen LogP contribution in [0.5, 0.6) is 5.75 Å². The van der Waals surface area contributed by atoms with Crippen LogP contribution in [-0.4, -0.2) is 22.7 Å². The minimum Gasteiger partial charge on any atom is -0.508 e. The molecule has 0 spiro atoms. The molecule has 94 valence electrons. The molecule has 1 fully saturated rings. The molecule has 0 aromatic heterocycles. The second kappa shape index (κ2) is 5.27.